The highest BCUT2D eigenvalue weighted by Crippen LogP contribution is 2.26. The third-order valence-corrected chi connectivity index (χ3v) is 6.43. The maximum Gasteiger partial charge on any atom is 0.309 e. The van der Waals surface area contributed by atoms with Crippen LogP contribution in [0.2, 0.25) is 0 Å². The Kier molecular flexibility index (Phi) is 4.59. The molecule has 0 unspecified atom stereocenters. The van der Waals surface area contributed by atoms with Crippen LogP contribution in [0.15, 0.2) is 21.7 Å². The minimum atomic E-state index is -3.38. The summed E-state index contributed by atoms with van der Waals surface area (Å²) >= 11 is 1.22. The van der Waals surface area contributed by atoms with Crippen molar-refractivity contribution in [1.29, 1.82) is 0 Å². The summed E-state index contributed by atoms with van der Waals surface area (Å²) in [5, 5.41) is 1.75. The first-order valence-electron chi connectivity index (χ1n) is 6.26. The maximum absolute atomic E-state index is 12.3. The van der Waals surface area contributed by atoms with Crippen molar-refractivity contribution >= 4 is 27.3 Å². The number of thiophene rings is 1. The van der Waals surface area contributed by atoms with Crippen molar-refractivity contribution in [2.24, 2.45) is 5.92 Å². The first-order valence-corrected chi connectivity index (χ1v) is 8.58. The highest BCUT2D eigenvalue weighted by molar-refractivity contribution is 7.91. The zero-order chi connectivity index (χ0) is 13.9. The van der Waals surface area contributed by atoms with E-state index in [4.69, 9.17) is 4.74 Å². The first-order chi connectivity index (χ1) is 9.05. The topological polar surface area (TPSA) is 63.7 Å². The van der Waals surface area contributed by atoms with E-state index in [1.165, 1.54) is 15.6 Å². The van der Waals surface area contributed by atoms with Gasteiger partial charge in [0.2, 0.25) is 0 Å². The number of piperidine rings is 1. The van der Waals surface area contributed by atoms with Crippen LogP contribution in [0.5, 0.6) is 0 Å². The summed E-state index contributed by atoms with van der Waals surface area (Å²) < 4.78 is 31.3. The number of hydrogen-bond acceptors (Lipinski definition) is 5. The Morgan fingerprint density at radius 2 is 2.16 bits per heavy atom. The number of ether oxygens (including phenoxy) is 1. The third-order valence-electron chi connectivity index (χ3n) is 3.16. The van der Waals surface area contributed by atoms with E-state index in [1.807, 2.05) is 0 Å². The van der Waals surface area contributed by atoms with Crippen molar-refractivity contribution in [3.8, 4) is 0 Å². The fourth-order valence-electron chi connectivity index (χ4n) is 2.13. The van der Waals surface area contributed by atoms with Crippen LogP contribution in [0.4, 0.5) is 0 Å². The summed E-state index contributed by atoms with van der Waals surface area (Å²) in [6.45, 7) is 2.90. The molecule has 19 heavy (non-hydrogen) atoms. The Morgan fingerprint density at radius 3 is 2.68 bits per heavy atom. The summed E-state index contributed by atoms with van der Waals surface area (Å²) in [6.07, 6.45) is 1.06. The molecule has 0 radical (unpaired) electrons. The molecule has 0 aliphatic carbocycles. The fraction of sp³-hybridized carbons (Fsp3) is 0.583. The van der Waals surface area contributed by atoms with Crippen molar-refractivity contribution in [3.63, 3.8) is 0 Å². The highest BCUT2D eigenvalue weighted by atomic mass is 32.2. The molecule has 1 aliphatic rings. The lowest BCUT2D eigenvalue weighted by atomic mass is 9.98. The Balaban J connectivity index is 1.99. The van der Waals surface area contributed by atoms with Crippen LogP contribution in [0.3, 0.4) is 0 Å². The van der Waals surface area contributed by atoms with Crippen molar-refractivity contribution in [2.75, 3.05) is 19.7 Å². The van der Waals surface area contributed by atoms with Gasteiger partial charge in [0.15, 0.2) is 0 Å². The quantitative estimate of drug-likeness (QED) is 0.794. The van der Waals surface area contributed by atoms with Gasteiger partial charge < -0.3 is 4.74 Å². The predicted octanol–water partition coefficient (Wildman–Crippen LogP) is 1.71. The second kappa shape index (κ2) is 6.02. The summed E-state index contributed by atoms with van der Waals surface area (Å²) in [7, 11) is -3.38. The lowest BCUT2D eigenvalue weighted by molar-refractivity contribution is -0.149. The second-order valence-corrected chi connectivity index (χ2v) is 7.47. The molecule has 106 valence electrons. The summed E-state index contributed by atoms with van der Waals surface area (Å²) in [4.78, 5) is 11.6. The molecule has 1 aromatic rings. The van der Waals surface area contributed by atoms with E-state index in [1.54, 1.807) is 24.4 Å². The Hall–Kier alpha value is -0.920. The molecule has 0 atom stereocenters. The number of esters is 1. The first kappa shape index (κ1) is 14.5. The van der Waals surface area contributed by atoms with Crippen LogP contribution in [-0.2, 0) is 19.6 Å². The molecule has 1 aliphatic heterocycles. The molecule has 1 aromatic heterocycles. The molecule has 1 fully saturated rings. The summed E-state index contributed by atoms with van der Waals surface area (Å²) in [6, 6.07) is 3.33. The molecule has 0 spiro atoms. The monoisotopic (exact) mass is 303 g/mol. The van der Waals surface area contributed by atoms with Crippen LogP contribution < -0.4 is 0 Å². The molecular weight excluding hydrogens is 286 g/mol. The standard InChI is InChI=1S/C12H17NO4S2/c1-2-17-12(14)10-5-7-13(8-6-10)19(15,16)11-4-3-9-18-11/h3-4,9-10H,2,5-8H2,1H3. The van der Waals surface area contributed by atoms with E-state index in [0.717, 1.165) is 0 Å². The largest absolute Gasteiger partial charge is 0.466 e. The minimum Gasteiger partial charge on any atom is -0.466 e. The number of nitrogens with zero attached hydrogens (tertiary/aromatic N) is 1. The van der Waals surface area contributed by atoms with Crippen molar-refractivity contribution in [1.82, 2.24) is 4.31 Å². The van der Waals surface area contributed by atoms with Crippen molar-refractivity contribution in [3.05, 3.63) is 17.5 Å². The van der Waals surface area contributed by atoms with Crippen molar-refractivity contribution < 1.29 is 17.9 Å². The average Bonchev–Trinajstić information content (AvgIpc) is 2.94. The van der Waals surface area contributed by atoms with Gasteiger partial charge in [-0.3, -0.25) is 4.79 Å². The lowest BCUT2D eigenvalue weighted by Gasteiger charge is -2.29. The van der Waals surface area contributed by atoms with E-state index in [-0.39, 0.29) is 11.9 Å². The summed E-state index contributed by atoms with van der Waals surface area (Å²) in [5.74, 6) is -0.384. The molecular formula is C12H17NO4S2. The molecule has 0 bridgehead atoms. The van der Waals surface area contributed by atoms with Crippen LogP contribution >= 0.6 is 11.3 Å². The van der Waals surface area contributed by atoms with Crippen molar-refractivity contribution in [2.45, 2.75) is 24.0 Å². The van der Waals surface area contributed by atoms with Gasteiger partial charge in [-0.15, -0.1) is 11.3 Å². The Labute approximate surface area is 117 Å². The zero-order valence-electron chi connectivity index (χ0n) is 10.7. The smallest absolute Gasteiger partial charge is 0.309 e. The van der Waals surface area contributed by atoms with Crippen LogP contribution in [0.1, 0.15) is 19.8 Å². The maximum atomic E-state index is 12.3. The van der Waals surface area contributed by atoms with Crippen LogP contribution in [-0.4, -0.2) is 38.4 Å². The van der Waals surface area contributed by atoms with Crippen LogP contribution in [0.25, 0.3) is 0 Å². The van der Waals surface area contributed by atoms with Gasteiger partial charge in [-0.25, -0.2) is 8.42 Å². The Morgan fingerprint density at radius 1 is 1.47 bits per heavy atom. The number of carbonyl (C=O) groups is 1. The molecule has 1 saturated heterocycles. The van der Waals surface area contributed by atoms with Gasteiger partial charge in [0.25, 0.3) is 10.0 Å². The second-order valence-electron chi connectivity index (χ2n) is 4.36. The predicted molar refractivity (Wildman–Crippen MR) is 72.4 cm³/mol. The lowest BCUT2D eigenvalue weighted by Crippen LogP contribution is -2.40. The van der Waals surface area contributed by atoms with Gasteiger partial charge in [-0.05, 0) is 31.2 Å². The van der Waals surface area contributed by atoms with Gasteiger partial charge in [0.05, 0.1) is 12.5 Å². The van der Waals surface area contributed by atoms with Gasteiger partial charge in [0, 0.05) is 13.1 Å². The van der Waals surface area contributed by atoms with Crippen LogP contribution in [0, 0.1) is 5.92 Å². The summed E-state index contributed by atoms with van der Waals surface area (Å²) in [5.41, 5.74) is 0. The minimum absolute atomic E-state index is 0.172. The highest BCUT2D eigenvalue weighted by Gasteiger charge is 2.32. The SMILES string of the molecule is CCOC(=O)C1CCN(S(=O)(=O)c2cccs2)CC1. The third kappa shape index (κ3) is 3.16. The Bertz CT molecular complexity index is 516. The van der Waals surface area contributed by atoms with E-state index in [0.29, 0.717) is 36.7 Å². The molecule has 7 heteroatoms. The van der Waals surface area contributed by atoms with Gasteiger partial charge in [-0.1, -0.05) is 6.07 Å². The van der Waals surface area contributed by atoms with E-state index in [9.17, 15) is 13.2 Å². The van der Waals surface area contributed by atoms with Gasteiger partial charge >= 0.3 is 5.97 Å². The molecule has 0 saturated carbocycles. The molecule has 0 N–H and O–H groups in total. The molecule has 5 nitrogen and oxygen atoms in total. The number of hydrogen-bond donors (Lipinski definition) is 0. The van der Waals surface area contributed by atoms with Gasteiger partial charge in [-0.2, -0.15) is 4.31 Å². The number of sulfonamides is 1. The normalized spacial score (nSPS) is 18.4. The van der Waals surface area contributed by atoms with E-state index < -0.39 is 10.0 Å². The number of rotatable bonds is 4. The zero-order valence-corrected chi connectivity index (χ0v) is 12.4. The molecule has 0 aromatic carbocycles. The fourth-order valence-corrected chi connectivity index (χ4v) is 4.74. The van der Waals surface area contributed by atoms with E-state index in [2.05, 4.69) is 0 Å². The molecule has 0 amide bonds. The molecule has 2 heterocycles. The van der Waals surface area contributed by atoms with Gasteiger partial charge in [0.1, 0.15) is 4.21 Å². The average molecular weight is 303 g/mol. The van der Waals surface area contributed by atoms with E-state index >= 15 is 0 Å². The number of carbonyl (C=O) groups excluding carboxylic acids is 1. The molecule has 2 rings (SSSR count).